The Morgan fingerprint density at radius 3 is 2.64 bits per heavy atom. The number of amides is 3. The second-order valence-corrected chi connectivity index (χ2v) is 11.4. The van der Waals surface area contributed by atoms with Crippen LogP contribution in [0.15, 0.2) is 24.3 Å². The predicted molar refractivity (Wildman–Crippen MR) is 143 cm³/mol. The summed E-state index contributed by atoms with van der Waals surface area (Å²) in [7, 11) is 5.50. The van der Waals surface area contributed by atoms with Gasteiger partial charge < -0.3 is 25.7 Å². The van der Waals surface area contributed by atoms with E-state index in [4.69, 9.17) is 4.74 Å². The van der Waals surface area contributed by atoms with E-state index in [-0.39, 0.29) is 29.0 Å². The number of H-pyrrole nitrogens is 1. The molecule has 3 atom stereocenters. The second-order valence-electron chi connectivity index (χ2n) is 11.4. The molecule has 1 aliphatic rings. The first-order valence-electron chi connectivity index (χ1n) is 12.3. The van der Waals surface area contributed by atoms with Crippen molar-refractivity contribution >= 4 is 44.3 Å². The zero-order valence-corrected chi connectivity index (χ0v) is 22.0. The van der Waals surface area contributed by atoms with Gasteiger partial charge in [0.15, 0.2) is 0 Å². The Bertz CT molecular complexity index is 1180. The number of piperidine rings is 1. The zero-order valence-electron chi connectivity index (χ0n) is 22.0. The van der Waals surface area contributed by atoms with E-state index in [0.717, 1.165) is 17.3 Å². The van der Waals surface area contributed by atoms with Gasteiger partial charge in [-0.25, -0.2) is 0 Å². The number of fused-ring (bicyclic) bond motifs is 1. The molecule has 0 aliphatic carbocycles. The molecule has 2 aromatic rings. The molecule has 2 heterocycles. The summed E-state index contributed by atoms with van der Waals surface area (Å²) in [6.45, 7) is 5.93. The van der Waals surface area contributed by atoms with Gasteiger partial charge in [-0.1, -0.05) is 26.8 Å². The lowest BCUT2D eigenvalue weighted by Gasteiger charge is -2.36. The number of nitrogens with one attached hydrogen (secondary N) is 4. The van der Waals surface area contributed by atoms with Crippen LogP contribution in [0, 0.1) is 22.7 Å². The molecule has 9 nitrogen and oxygen atoms in total. The van der Waals surface area contributed by atoms with E-state index < -0.39 is 23.9 Å². The van der Waals surface area contributed by atoms with Gasteiger partial charge in [0.2, 0.25) is 11.8 Å². The minimum Gasteiger partial charge on any atom is -0.496 e. The van der Waals surface area contributed by atoms with Crippen LogP contribution in [0.1, 0.15) is 56.9 Å². The summed E-state index contributed by atoms with van der Waals surface area (Å²) >= 11 is 0. The first-order valence-corrected chi connectivity index (χ1v) is 12.3. The Labute approximate surface area is 213 Å². The SMILES string of the molecule is BC1(B)CC[C@@H](C[C@@H](C#N)NC(=O)[C@H](CC(C)(C)C)NC(=O)c2cc3c(OC)cccc3[nH]2)C(=O)N1. The van der Waals surface area contributed by atoms with Crippen LogP contribution in [0.5, 0.6) is 5.75 Å². The molecule has 0 bridgehead atoms. The third-order valence-corrected chi connectivity index (χ3v) is 6.47. The Morgan fingerprint density at radius 1 is 1.31 bits per heavy atom. The monoisotopic (exact) mass is 491 g/mol. The van der Waals surface area contributed by atoms with E-state index in [1.54, 1.807) is 13.2 Å². The number of carbonyl (C=O) groups is 3. The van der Waals surface area contributed by atoms with E-state index in [1.807, 2.05) is 54.7 Å². The van der Waals surface area contributed by atoms with Crippen LogP contribution in [0.3, 0.4) is 0 Å². The van der Waals surface area contributed by atoms with Crippen molar-refractivity contribution in [1.82, 2.24) is 20.9 Å². The van der Waals surface area contributed by atoms with Gasteiger partial charge in [-0.15, -0.1) is 0 Å². The minimum absolute atomic E-state index is 0.102. The molecule has 3 amide bonds. The number of benzene rings is 1. The molecule has 1 aromatic heterocycles. The molecule has 1 saturated heterocycles. The fourth-order valence-corrected chi connectivity index (χ4v) is 4.58. The maximum absolute atomic E-state index is 13.2. The fraction of sp³-hybridized carbons (Fsp3) is 0.520. The number of hydrogen-bond acceptors (Lipinski definition) is 5. The Balaban J connectivity index is 1.72. The molecule has 0 unspecified atom stereocenters. The number of nitriles is 1. The summed E-state index contributed by atoms with van der Waals surface area (Å²) in [5.74, 6) is -0.691. The van der Waals surface area contributed by atoms with Crippen molar-refractivity contribution < 1.29 is 19.1 Å². The second kappa shape index (κ2) is 10.7. The van der Waals surface area contributed by atoms with Gasteiger partial charge in [0.25, 0.3) is 5.91 Å². The maximum Gasteiger partial charge on any atom is 0.268 e. The largest absolute Gasteiger partial charge is 0.496 e. The zero-order chi connectivity index (χ0) is 26.7. The lowest BCUT2D eigenvalue weighted by molar-refractivity contribution is -0.129. The summed E-state index contributed by atoms with van der Waals surface area (Å²) in [6, 6.07) is 7.57. The maximum atomic E-state index is 13.2. The average molecular weight is 491 g/mol. The average Bonchev–Trinajstić information content (AvgIpc) is 3.23. The van der Waals surface area contributed by atoms with Crippen molar-refractivity contribution in [3.8, 4) is 11.8 Å². The molecule has 11 heteroatoms. The van der Waals surface area contributed by atoms with Crippen LogP contribution in [-0.2, 0) is 9.59 Å². The van der Waals surface area contributed by atoms with Crippen molar-refractivity contribution in [2.24, 2.45) is 11.3 Å². The number of hydrogen-bond donors (Lipinski definition) is 4. The first-order chi connectivity index (χ1) is 16.8. The van der Waals surface area contributed by atoms with Gasteiger partial charge in [-0.2, -0.15) is 5.26 Å². The molecule has 1 aliphatic heterocycles. The molecular weight excluding hydrogens is 456 g/mol. The summed E-state index contributed by atoms with van der Waals surface area (Å²) in [5.41, 5.74) is 0.782. The van der Waals surface area contributed by atoms with E-state index in [9.17, 15) is 19.6 Å². The van der Waals surface area contributed by atoms with Gasteiger partial charge in [0, 0.05) is 16.8 Å². The van der Waals surface area contributed by atoms with Gasteiger partial charge in [-0.05, 0) is 54.6 Å². The van der Waals surface area contributed by atoms with Crippen molar-refractivity contribution in [3.05, 3.63) is 30.0 Å². The third kappa shape index (κ3) is 6.84. The molecule has 1 aromatic carbocycles. The third-order valence-electron chi connectivity index (χ3n) is 6.47. The van der Waals surface area contributed by atoms with E-state index >= 15 is 0 Å². The van der Waals surface area contributed by atoms with Crippen molar-refractivity contribution in [1.29, 1.82) is 5.26 Å². The van der Waals surface area contributed by atoms with E-state index in [0.29, 0.717) is 24.3 Å². The minimum atomic E-state index is -0.860. The number of aromatic nitrogens is 1. The summed E-state index contributed by atoms with van der Waals surface area (Å²) < 4.78 is 5.37. The normalized spacial score (nSPS) is 19.0. The van der Waals surface area contributed by atoms with Crippen LogP contribution >= 0.6 is 0 Å². The Kier molecular flexibility index (Phi) is 8.07. The Morgan fingerprint density at radius 2 is 2.03 bits per heavy atom. The standard InChI is InChI=1S/C25H35B2N5O4/c1-24(2,3)12-19(31-22(34)18-11-16-17(30-18)6-5-7-20(16)36-4)23(35)29-15(13-28)10-14-8-9-25(26,27)32-21(14)33/h5-7,11,14-15,19,30H,8-10,12,26-27H2,1-4H3,(H,29,35)(H,31,34)(H,32,33)/t14-,15-,19-/m0/s1. The van der Waals surface area contributed by atoms with Crippen molar-refractivity contribution in [3.63, 3.8) is 0 Å². The van der Waals surface area contributed by atoms with Crippen LogP contribution in [0.2, 0.25) is 0 Å². The number of carbonyl (C=O) groups excluding carboxylic acids is 3. The quantitative estimate of drug-likeness (QED) is 0.400. The molecule has 190 valence electrons. The molecule has 0 radical (unpaired) electrons. The predicted octanol–water partition coefficient (Wildman–Crippen LogP) is 0.556. The molecule has 1 fully saturated rings. The summed E-state index contributed by atoms with van der Waals surface area (Å²) in [4.78, 5) is 41.9. The molecular formula is C25H35B2N5O4. The van der Waals surface area contributed by atoms with Crippen molar-refractivity contribution in [2.75, 3.05) is 7.11 Å². The lowest BCUT2D eigenvalue weighted by atomic mass is 9.57. The van der Waals surface area contributed by atoms with E-state index in [2.05, 4.69) is 27.0 Å². The first kappa shape index (κ1) is 27.2. The Hall–Kier alpha value is -3.41. The smallest absolute Gasteiger partial charge is 0.268 e. The highest BCUT2D eigenvalue weighted by atomic mass is 16.5. The van der Waals surface area contributed by atoms with E-state index in [1.165, 1.54) is 0 Å². The number of aromatic amines is 1. The molecule has 36 heavy (non-hydrogen) atoms. The van der Waals surface area contributed by atoms with Gasteiger partial charge >= 0.3 is 0 Å². The topological polar surface area (TPSA) is 136 Å². The molecule has 0 spiro atoms. The summed E-state index contributed by atoms with van der Waals surface area (Å²) in [5, 5.41) is 18.8. The van der Waals surface area contributed by atoms with Crippen LogP contribution in [0.4, 0.5) is 0 Å². The van der Waals surface area contributed by atoms with Crippen LogP contribution in [-0.4, -0.2) is 62.9 Å². The molecule has 0 saturated carbocycles. The highest BCUT2D eigenvalue weighted by molar-refractivity contribution is 6.41. The molecule has 4 N–H and O–H groups in total. The van der Waals surface area contributed by atoms with Gasteiger partial charge in [-0.3, -0.25) is 14.4 Å². The highest BCUT2D eigenvalue weighted by Gasteiger charge is 2.35. The van der Waals surface area contributed by atoms with Crippen LogP contribution < -0.4 is 20.7 Å². The van der Waals surface area contributed by atoms with Gasteiger partial charge in [0.05, 0.1) is 13.2 Å². The fourth-order valence-electron chi connectivity index (χ4n) is 4.58. The van der Waals surface area contributed by atoms with Gasteiger partial charge in [0.1, 0.15) is 39.2 Å². The number of nitrogens with zero attached hydrogens (tertiary/aromatic N) is 1. The lowest BCUT2D eigenvalue weighted by Crippen LogP contribution is -2.56. The molecule has 3 rings (SSSR count). The number of ether oxygens (including phenoxy) is 1. The number of rotatable bonds is 8. The highest BCUT2D eigenvalue weighted by Crippen LogP contribution is 2.27. The summed E-state index contributed by atoms with van der Waals surface area (Å²) in [6.07, 6.45) is 2.04. The number of methoxy groups -OCH3 is 1. The van der Waals surface area contributed by atoms with Crippen LogP contribution in [0.25, 0.3) is 10.9 Å². The van der Waals surface area contributed by atoms with Crippen molar-refractivity contribution in [2.45, 2.75) is 63.9 Å².